The Balaban J connectivity index is 1.95. The molecule has 0 atom stereocenters. The Kier molecular flexibility index (Phi) is 5.78. The minimum absolute atomic E-state index is 0.190. The van der Waals surface area contributed by atoms with E-state index >= 15 is 0 Å². The van der Waals surface area contributed by atoms with Gasteiger partial charge in [0, 0.05) is 18.4 Å². The average molecular weight is 378 g/mol. The number of carbonyl (C=O) groups is 2. The standard InChI is InChI=1S/C22H26N4O2/c1-5-6-10-23-21(27)19-17-9-7-8-11-26(17)20(24-19)22(28)25-18-15(3)12-14(2)13-16(18)4/h7-9,11-13H,5-6,10H2,1-4H3,(H,23,27)(H,25,28). The van der Waals surface area contributed by atoms with Gasteiger partial charge in [0.05, 0.1) is 5.52 Å². The highest BCUT2D eigenvalue weighted by molar-refractivity contribution is 6.06. The number of rotatable bonds is 6. The Labute approximate surface area is 165 Å². The fourth-order valence-electron chi connectivity index (χ4n) is 3.37. The molecule has 0 fully saturated rings. The molecular weight excluding hydrogens is 352 g/mol. The zero-order valence-electron chi connectivity index (χ0n) is 16.8. The molecule has 0 aliphatic heterocycles. The van der Waals surface area contributed by atoms with Gasteiger partial charge in [-0.2, -0.15) is 0 Å². The predicted octanol–water partition coefficient (Wildman–Crippen LogP) is 4.04. The van der Waals surface area contributed by atoms with E-state index in [4.69, 9.17) is 0 Å². The minimum Gasteiger partial charge on any atom is -0.351 e. The van der Waals surface area contributed by atoms with Gasteiger partial charge in [-0.15, -0.1) is 0 Å². The molecule has 0 saturated heterocycles. The van der Waals surface area contributed by atoms with Crippen molar-refractivity contribution in [2.24, 2.45) is 0 Å². The first kappa shape index (κ1) is 19.6. The second-order valence-corrected chi connectivity index (χ2v) is 7.08. The molecule has 6 nitrogen and oxygen atoms in total. The largest absolute Gasteiger partial charge is 0.351 e. The highest BCUT2D eigenvalue weighted by Gasteiger charge is 2.22. The molecule has 6 heteroatoms. The first-order chi connectivity index (χ1) is 13.4. The lowest BCUT2D eigenvalue weighted by atomic mass is 10.1. The highest BCUT2D eigenvalue weighted by Crippen LogP contribution is 2.23. The highest BCUT2D eigenvalue weighted by atomic mass is 16.2. The van der Waals surface area contributed by atoms with Crippen LogP contribution in [0.4, 0.5) is 5.69 Å². The Morgan fingerprint density at radius 2 is 1.79 bits per heavy atom. The van der Waals surface area contributed by atoms with Crippen molar-refractivity contribution in [3.05, 3.63) is 64.7 Å². The molecule has 1 aromatic carbocycles. The number of anilines is 1. The third-order valence-corrected chi connectivity index (χ3v) is 4.70. The van der Waals surface area contributed by atoms with Crippen LogP contribution >= 0.6 is 0 Å². The van der Waals surface area contributed by atoms with Crippen molar-refractivity contribution in [2.75, 3.05) is 11.9 Å². The molecular formula is C22H26N4O2. The molecule has 146 valence electrons. The SMILES string of the molecule is CCCCNC(=O)c1nc(C(=O)Nc2c(C)cc(C)cc2C)n2ccccc12. The van der Waals surface area contributed by atoms with E-state index in [-0.39, 0.29) is 23.3 Å². The summed E-state index contributed by atoms with van der Waals surface area (Å²) in [7, 11) is 0. The summed E-state index contributed by atoms with van der Waals surface area (Å²) in [5.41, 5.74) is 4.77. The molecule has 0 bridgehead atoms. The molecule has 2 N–H and O–H groups in total. The summed E-state index contributed by atoms with van der Waals surface area (Å²) >= 11 is 0. The van der Waals surface area contributed by atoms with Crippen LogP contribution in [-0.2, 0) is 0 Å². The number of nitrogens with one attached hydrogen (secondary N) is 2. The molecule has 2 heterocycles. The number of amides is 2. The minimum atomic E-state index is -0.344. The number of imidazole rings is 1. The molecule has 3 rings (SSSR count). The lowest BCUT2D eigenvalue weighted by molar-refractivity contribution is 0.0950. The van der Waals surface area contributed by atoms with Crippen molar-refractivity contribution >= 4 is 23.0 Å². The van der Waals surface area contributed by atoms with Crippen molar-refractivity contribution in [1.82, 2.24) is 14.7 Å². The normalized spacial score (nSPS) is 10.9. The number of pyridine rings is 1. The van der Waals surface area contributed by atoms with E-state index in [0.717, 1.165) is 35.2 Å². The maximum Gasteiger partial charge on any atom is 0.292 e. The second-order valence-electron chi connectivity index (χ2n) is 7.08. The van der Waals surface area contributed by atoms with Gasteiger partial charge in [0.2, 0.25) is 5.82 Å². The third kappa shape index (κ3) is 3.91. The first-order valence-corrected chi connectivity index (χ1v) is 9.56. The van der Waals surface area contributed by atoms with Crippen LogP contribution in [0.2, 0.25) is 0 Å². The van der Waals surface area contributed by atoms with Gasteiger partial charge >= 0.3 is 0 Å². The number of hydrogen-bond donors (Lipinski definition) is 2. The van der Waals surface area contributed by atoms with E-state index < -0.39 is 0 Å². The van der Waals surface area contributed by atoms with Gasteiger partial charge in [-0.3, -0.25) is 14.0 Å². The van der Waals surface area contributed by atoms with Gasteiger partial charge in [0.15, 0.2) is 5.69 Å². The van der Waals surface area contributed by atoms with Crippen LogP contribution in [0.25, 0.3) is 5.52 Å². The number of unbranched alkanes of at least 4 members (excludes halogenated alkanes) is 1. The Bertz CT molecular complexity index is 1010. The fraction of sp³-hybridized carbons (Fsp3) is 0.318. The van der Waals surface area contributed by atoms with Crippen LogP contribution in [0.5, 0.6) is 0 Å². The van der Waals surface area contributed by atoms with Gasteiger partial charge in [-0.1, -0.05) is 37.1 Å². The summed E-state index contributed by atoms with van der Waals surface area (Å²) in [4.78, 5) is 29.9. The van der Waals surface area contributed by atoms with Crippen molar-refractivity contribution in [3.63, 3.8) is 0 Å². The van der Waals surface area contributed by atoms with E-state index in [1.165, 1.54) is 0 Å². The van der Waals surface area contributed by atoms with E-state index in [0.29, 0.717) is 12.1 Å². The van der Waals surface area contributed by atoms with Crippen LogP contribution < -0.4 is 10.6 Å². The first-order valence-electron chi connectivity index (χ1n) is 9.56. The summed E-state index contributed by atoms with van der Waals surface area (Å²) in [6, 6.07) is 9.49. The van der Waals surface area contributed by atoms with E-state index in [1.54, 1.807) is 16.7 Å². The molecule has 0 unspecified atom stereocenters. The molecule has 0 aliphatic rings. The maximum absolute atomic E-state index is 13.0. The lowest BCUT2D eigenvalue weighted by Gasteiger charge is -2.12. The molecule has 3 aromatic rings. The van der Waals surface area contributed by atoms with Crippen LogP contribution in [-0.4, -0.2) is 27.7 Å². The van der Waals surface area contributed by atoms with Gasteiger partial charge in [0.1, 0.15) is 0 Å². The van der Waals surface area contributed by atoms with Gasteiger partial charge in [0.25, 0.3) is 11.8 Å². The molecule has 28 heavy (non-hydrogen) atoms. The Morgan fingerprint density at radius 3 is 2.46 bits per heavy atom. The molecule has 0 radical (unpaired) electrons. The average Bonchev–Trinajstić information content (AvgIpc) is 3.04. The van der Waals surface area contributed by atoms with Gasteiger partial charge in [-0.05, 0) is 50.5 Å². The quantitative estimate of drug-likeness (QED) is 0.636. The van der Waals surface area contributed by atoms with Crippen LogP contribution in [0, 0.1) is 20.8 Å². The van der Waals surface area contributed by atoms with E-state index in [1.807, 2.05) is 45.0 Å². The molecule has 0 aliphatic carbocycles. The fourth-order valence-corrected chi connectivity index (χ4v) is 3.37. The summed E-state index contributed by atoms with van der Waals surface area (Å²) in [5, 5.41) is 5.84. The summed E-state index contributed by atoms with van der Waals surface area (Å²) in [6.45, 7) is 8.61. The van der Waals surface area contributed by atoms with Gasteiger partial charge in [-0.25, -0.2) is 4.98 Å². The topological polar surface area (TPSA) is 75.5 Å². The van der Waals surface area contributed by atoms with Crippen molar-refractivity contribution in [1.29, 1.82) is 0 Å². The Hall–Kier alpha value is -3.15. The summed E-state index contributed by atoms with van der Waals surface area (Å²) in [6.07, 6.45) is 3.64. The zero-order chi connectivity index (χ0) is 20.3. The molecule has 2 amide bonds. The zero-order valence-corrected chi connectivity index (χ0v) is 16.8. The van der Waals surface area contributed by atoms with Crippen LogP contribution in [0.1, 0.15) is 57.6 Å². The maximum atomic E-state index is 13.0. The predicted molar refractivity (Wildman–Crippen MR) is 111 cm³/mol. The number of aryl methyl sites for hydroxylation is 3. The van der Waals surface area contributed by atoms with Gasteiger partial charge < -0.3 is 10.6 Å². The molecule has 2 aromatic heterocycles. The number of hydrogen-bond acceptors (Lipinski definition) is 3. The van der Waals surface area contributed by atoms with Crippen molar-refractivity contribution < 1.29 is 9.59 Å². The molecule has 0 spiro atoms. The number of fused-ring (bicyclic) bond motifs is 1. The third-order valence-electron chi connectivity index (χ3n) is 4.70. The van der Waals surface area contributed by atoms with Crippen LogP contribution in [0.15, 0.2) is 36.5 Å². The van der Waals surface area contributed by atoms with Crippen molar-refractivity contribution in [2.45, 2.75) is 40.5 Å². The number of nitrogens with zero attached hydrogens (tertiary/aromatic N) is 2. The van der Waals surface area contributed by atoms with E-state index in [2.05, 4.69) is 22.5 Å². The smallest absolute Gasteiger partial charge is 0.292 e. The Morgan fingerprint density at radius 1 is 1.07 bits per heavy atom. The lowest BCUT2D eigenvalue weighted by Crippen LogP contribution is -2.25. The number of benzene rings is 1. The van der Waals surface area contributed by atoms with Crippen LogP contribution in [0.3, 0.4) is 0 Å². The number of carbonyl (C=O) groups excluding carboxylic acids is 2. The van der Waals surface area contributed by atoms with E-state index in [9.17, 15) is 9.59 Å². The monoisotopic (exact) mass is 378 g/mol. The second kappa shape index (κ2) is 8.25. The number of aromatic nitrogens is 2. The summed E-state index contributed by atoms with van der Waals surface area (Å²) < 4.78 is 1.66. The van der Waals surface area contributed by atoms with Crippen molar-refractivity contribution in [3.8, 4) is 0 Å². The molecule has 0 saturated carbocycles. The summed E-state index contributed by atoms with van der Waals surface area (Å²) in [5.74, 6) is -0.418.